The molecule has 0 unspecified atom stereocenters. The highest BCUT2D eigenvalue weighted by Gasteiger charge is 2.32. The summed E-state index contributed by atoms with van der Waals surface area (Å²) in [7, 11) is 0. The van der Waals surface area contributed by atoms with Crippen LogP contribution in [-0.2, 0) is 33.6 Å². The molecule has 0 rings (SSSR count). The highest BCUT2D eigenvalue weighted by molar-refractivity contribution is 5.96. The van der Waals surface area contributed by atoms with E-state index in [-0.39, 0.29) is 133 Å². The van der Waals surface area contributed by atoms with Crippen LogP contribution in [0.1, 0.15) is 78.1 Å². The smallest absolute Gasteiger partial charge is 0.243 e. The van der Waals surface area contributed by atoms with Crippen LogP contribution < -0.4 is 87.2 Å². The predicted octanol–water partition coefficient (Wildman–Crippen LogP) is -6.55. The van der Waals surface area contributed by atoms with Crippen molar-refractivity contribution in [1.82, 2.24) is 58.5 Å². The van der Waals surface area contributed by atoms with Gasteiger partial charge in [-0.25, -0.2) is 0 Å². The molecule has 26 N–H and O–H groups in total. The molecule has 5 atom stereocenters. The van der Waals surface area contributed by atoms with E-state index in [4.69, 9.17) is 55.7 Å². The van der Waals surface area contributed by atoms with E-state index < -0.39 is 65.7 Å². The van der Waals surface area contributed by atoms with Crippen molar-refractivity contribution in [2.45, 2.75) is 108 Å². The highest BCUT2D eigenvalue weighted by Crippen LogP contribution is 2.08. The summed E-state index contributed by atoms with van der Waals surface area (Å²) in [6, 6.07) is -6.28. The fraction of sp³-hybridized carbons (Fsp3) is 0.657. The Kier molecular flexibility index (Phi) is 28.1. The molecule has 0 aromatic carbocycles. The van der Waals surface area contributed by atoms with E-state index in [1.165, 1.54) is 13.8 Å². The first kappa shape index (κ1) is 55.8. The summed E-state index contributed by atoms with van der Waals surface area (Å²) in [6.45, 7) is 2.93. The number of Topliss-reactive ketones (excluding diaryl/α,β-unsaturated/α-hetero) is 1. The lowest BCUT2D eigenvalue weighted by Gasteiger charge is -2.27. The van der Waals surface area contributed by atoms with E-state index in [1.807, 2.05) is 0 Å². The predicted molar refractivity (Wildman–Crippen MR) is 235 cm³/mol. The Morgan fingerprint density at radius 2 is 0.587 bits per heavy atom. The number of carbonyl (C=O) groups excluding carboxylic acids is 7. The lowest BCUT2D eigenvalue weighted by atomic mass is 10.0. The third-order valence-corrected chi connectivity index (χ3v) is 8.66. The Bertz CT molecular complexity index is 1600. The van der Waals surface area contributed by atoms with E-state index in [0.717, 1.165) is 0 Å². The number of nitrogens with one attached hydrogen (secondary N) is 16. The van der Waals surface area contributed by atoms with Crippen LogP contribution in [0.15, 0.2) is 0 Å². The zero-order valence-corrected chi connectivity index (χ0v) is 35.9. The summed E-state index contributed by atoms with van der Waals surface area (Å²) in [5, 5.41) is 65.6. The first-order valence-corrected chi connectivity index (χ1v) is 20.3. The minimum atomic E-state index is -1.36. The quantitative estimate of drug-likeness (QED) is 0.0170. The van der Waals surface area contributed by atoms with Gasteiger partial charge >= 0.3 is 0 Å². The lowest BCUT2D eigenvalue weighted by molar-refractivity contribution is -0.135. The number of guanidine groups is 5. The van der Waals surface area contributed by atoms with Crippen molar-refractivity contribution >= 4 is 71.0 Å². The van der Waals surface area contributed by atoms with Gasteiger partial charge in [0.05, 0.1) is 6.54 Å². The molecule has 0 heterocycles. The molecule has 0 bridgehead atoms. The molecule has 0 fully saturated rings. The summed E-state index contributed by atoms with van der Waals surface area (Å²) in [5.41, 5.74) is 26.9. The van der Waals surface area contributed by atoms with E-state index in [1.54, 1.807) is 0 Å². The second-order valence-electron chi connectivity index (χ2n) is 14.3. The molecule has 28 nitrogen and oxygen atoms in total. The standard InChI is InChI=1S/C35H69N21O7/c1-19(57)18-51-26(59)21(8-3-13-46-31(36)37)53-28(61)23(10-5-15-48-33(40)41)55-30(63)25(12-7-17-50-35(44)45)56-29(62)24(11-6-16-49-34(42)43)54-27(60)22(52-20(2)58)9-4-14-47-32(38)39/h21-25H,3-18H2,1-2H3,(H,51,59)(H,52,58)(H,53,61)(H,54,60)(H,55,63)(H,56,62)(H4,36,37,46)(H4,38,39,47)(H4,40,41,48)(H4,42,43,49)(H4,44,45,50)/t21-,22-,23-,24-,25-/m0/s1. The number of ketones is 1. The molecule has 0 aliphatic rings. The number of rotatable bonds is 32. The number of amides is 6. The van der Waals surface area contributed by atoms with Gasteiger partial charge in [-0.1, -0.05) is 0 Å². The van der Waals surface area contributed by atoms with Gasteiger partial charge < -0.3 is 87.2 Å². The monoisotopic (exact) mass is 896 g/mol. The molecular formula is C35H69N21O7. The molecule has 0 aliphatic heterocycles. The Morgan fingerprint density at radius 1 is 0.365 bits per heavy atom. The molecule has 63 heavy (non-hydrogen) atoms. The molecule has 0 aromatic heterocycles. The van der Waals surface area contributed by atoms with Crippen LogP contribution >= 0.6 is 0 Å². The first-order valence-electron chi connectivity index (χ1n) is 20.3. The number of carbonyl (C=O) groups is 7. The van der Waals surface area contributed by atoms with Crippen molar-refractivity contribution in [2.24, 2.45) is 28.7 Å². The van der Waals surface area contributed by atoms with Gasteiger partial charge in [0.2, 0.25) is 35.4 Å². The van der Waals surface area contributed by atoms with Crippen molar-refractivity contribution in [3.8, 4) is 0 Å². The largest absolute Gasteiger partial charge is 0.370 e. The van der Waals surface area contributed by atoms with Gasteiger partial charge in [-0.05, 0) is 71.1 Å². The summed E-state index contributed by atoms with van der Waals surface area (Å²) in [4.78, 5) is 92.3. The maximum absolute atomic E-state index is 14.1. The maximum atomic E-state index is 14.1. The minimum Gasteiger partial charge on any atom is -0.370 e. The summed E-state index contributed by atoms with van der Waals surface area (Å²) in [5.74, 6) is -6.35. The molecule has 28 heteroatoms. The SMILES string of the molecule is CC(=O)CNC(=O)[C@H](CCCNC(=N)N)NC(=O)[C@H](CCCNC(=N)N)NC(=O)[C@H](CCCNC(=N)N)NC(=O)[C@H](CCCNC(=N)N)NC(=O)[C@H](CCCNC(=N)N)NC(C)=O. The van der Waals surface area contributed by atoms with Crippen molar-refractivity contribution in [3.05, 3.63) is 0 Å². The van der Waals surface area contributed by atoms with Gasteiger partial charge in [0.25, 0.3) is 0 Å². The number of hydrogen-bond acceptors (Lipinski definition) is 12. The number of nitrogens with two attached hydrogens (primary N) is 5. The molecule has 0 saturated heterocycles. The molecule has 6 amide bonds. The summed E-state index contributed by atoms with van der Waals surface area (Å²) in [6.07, 6.45) is 1.10. The Morgan fingerprint density at radius 3 is 0.794 bits per heavy atom. The van der Waals surface area contributed by atoms with E-state index in [9.17, 15) is 33.6 Å². The highest BCUT2D eigenvalue weighted by atomic mass is 16.2. The topological polar surface area (TPSA) is 501 Å². The van der Waals surface area contributed by atoms with Crippen LogP contribution in [-0.4, -0.2) is 141 Å². The molecule has 0 spiro atoms. The van der Waals surface area contributed by atoms with Crippen molar-refractivity contribution in [1.29, 1.82) is 27.0 Å². The van der Waals surface area contributed by atoms with Crippen molar-refractivity contribution in [3.63, 3.8) is 0 Å². The van der Waals surface area contributed by atoms with Gasteiger partial charge in [-0.2, -0.15) is 0 Å². The molecule has 0 saturated carbocycles. The average Bonchev–Trinajstić information content (AvgIpc) is 3.18. The van der Waals surface area contributed by atoms with E-state index >= 15 is 0 Å². The van der Waals surface area contributed by atoms with Gasteiger partial charge in [0, 0.05) is 39.6 Å². The lowest BCUT2D eigenvalue weighted by Crippen LogP contribution is -2.59. The fourth-order valence-corrected chi connectivity index (χ4v) is 5.66. The Hall–Kier alpha value is -7.16. The van der Waals surface area contributed by atoms with Crippen LogP contribution in [0.2, 0.25) is 0 Å². The summed E-state index contributed by atoms with van der Waals surface area (Å²) < 4.78 is 0. The molecular weight excluding hydrogens is 827 g/mol. The van der Waals surface area contributed by atoms with Crippen molar-refractivity contribution in [2.75, 3.05) is 39.3 Å². The molecule has 356 valence electrons. The van der Waals surface area contributed by atoms with Crippen LogP contribution in [0.5, 0.6) is 0 Å². The second-order valence-corrected chi connectivity index (χ2v) is 14.3. The zero-order chi connectivity index (χ0) is 47.9. The molecule has 0 aromatic rings. The third-order valence-electron chi connectivity index (χ3n) is 8.66. The second kappa shape index (κ2) is 31.7. The van der Waals surface area contributed by atoms with Gasteiger partial charge in [-0.3, -0.25) is 60.6 Å². The molecule has 0 radical (unpaired) electrons. The normalized spacial score (nSPS) is 12.8. The zero-order valence-electron chi connectivity index (χ0n) is 35.9. The van der Waals surface area contributed by atoms with E-state index in [2.05, 4.69) is 58.5 Å². The van der Waals surface area contributed by atoms with Crippen LogP contribution in [0.3, 0.4) is 0 Å². The van der Waals surface area contributed by atoms with Gasteiger partial charge in [0.1, 0.15) is 36.0 Å². The number of hydrogen-bond donors (Lipinski definition) is 21. The van der Waals surface area contributed by atoms with Crippen LogP contribution in [0, 0.1) is 27.0 Å². The maximum Gasteiger partial charge on any atom is 0.243 e. The Labute approximate surface area is 365 Å². The first-order chi connectivity index (χ1) is 29.6. The van der Waals surface area contributed by atoms with Crippen LogP contribution in [0.25, 0.3) is 0 Å². The fourth-order valence-electron chi connectivity index (χ4n) is 5.66. The average molecular weight is 896 g/mol. The Balaban J connectivity index is 6.66. The third kappa shape index (κ3) is 28.9. The van der Waals surface area contributed by atoms with E-state index in [0.29, 0.717) is 6.42 Å². The molecule has 0 aliphatic carbocycles. The van der Waals surface area contributed by atoms with Crippen LogP contribution in [0.4, 0.5) is 0 Å². The van der Waals surface area contributed by atoms with Crippen molar-refractivity contribution < 1.29 is 33.6 Å². The van der Waals surface area contributed by atoms with Gasteiger partial charge in [-0.15, -0.1) is 0 Å². The summed E-state index contributed by atoms with van der Waals surface area (Å²) >= 11 is 0. The van der Waals surface area contributed by atoms with Gasteiger partial charge in [0.15, 0.2) is 29.8 Å². The minimum absolute atomic E-state index is 0.0278.